The zero-order chi connectivity index (χ0) is 12.9. The molecule has 0 bridgehead atoms. The van der Waals surface area contributed by atoms with E-state index < -0.39 is 0 Å². The van der Waals surface area contributed by atoms with Crippen LogP contribution in [0.2, 0.25) is 5.02 Å². The van der Waals surface area contributed by atoms with Crippen LogP contribution in [0.4, 0.5) is 5.69 Å². The number of halogens is 1. The first-order valence-corrected chi connectivity index (χ1v) is 5.92. The maximum absolute atomic E-state index is 9.29. The van der Waals surface area contributed by atoms with Gasteiger partial charge in [0.15, 0.2) is 0 Å². The minimum absolute atomic E-state index is 0.0556. The summed E-state index contributed by atoms with van der Waals surface area (Å²) in [4.78, 5) is 0. The van der Waals surface area contributed by atoms with Gasteiger partial charge in [0.25, 0.3) is 0 Å². The zero-order valence-electron chi connectivity index (χ0n) is 10.1. The van der Waals surface area contributed by atoms with E-state index in [2.05, 4.69) is 25.2 Å². The third-order valence-electron chi connectivity index (χ3n) is 2.63. The maximum Gasteiger partial charge on any atom is 0.134 e. The third-order valence-corrected chi connectivity index (χ3v) is 2.94. The van der Waals surface area contributed by atoms with Crippen LogP contribution in [-0.2, 0) is 0 Å². The molecule has 1 rings (SSSR count). The van der Waals surface area contributed by atoms with Crippen molar-refractivity contribution in [3.8, 4) is 11.8 Å². The number of nitrogens with zero attached hydrogens (tertiary/aromatic N) is 1. The van der Waals surface area contributed by atoms with Crippen molar-refractivity contribution in [1.82, 2.24) is 0 Å². The first-order chi connectivity index (χ1) is 7.94. The van der Waals surface area contributed by atoms with Gasteiger partial charge in [0.1, 0.15) is 5.75 Å². The lowest BCUT2D eigenvalue weighted by atomic mass is 9.88. The topological polar surface area (TPSA) is 56.0 Å². The van der Waals surface area contributed by atoms with Crippen LogP contribution in [0.1, 0.15) is 26.7 Å². The van der Waals surface area contributed by atoms with Crippen molar-refractivity contribution >= 4 is 17.3 Å². The number of aromatic hydroxyl groups is 1. The van der Waals surface area contributed by atoms with Gasteiger partial charge in [-0.1, -0.05) is 25.4 Å². The van der Waals surface area contributed by atoms with Gasteiger partial charge in [-0.05, 0) is 30.0 Å². The van der Waals surface area contributed by atoms with Crippen molar-refractivity contribution in [3.05, 3.63) is 23.2 Å². The fraction of sp³-hybridized carbons (Fsp3) is 0.462. The molecule has 0 aromatic heterocycles. The Balaban J connectivity index is 2.55. The molecule has 0 saturated carbocycles. The first-order valence-electron chi connectivity index (χ1n) is 5.54. The van der Waals surface area contributed by atoms with Crippen LogP contribution >= 0.6 is 11.6 Å². The Kier molecular flexibility index (Phi) is 4.65. The van der Waals surface area contributed by atoms with Crippen molar-refractivity contribution in [3.63, 3.8) is 0 Å². The van der Waals surface area contributed by atoms with Gasteiger partial charge in [-0.25, -0.2) is 0 Å². The zero-order valence-corrected chi connectivity index (χ0v) is 10.9. The van der Waals surface area contributed by atoms with Crippen molar-refractivity contribution in [2.24, 2.45) is 5.41 Å². The monoisotopic (exact) mass is 252 g/mol. The van der Waals surface area contributed by atoms with Crippen molar-refractivity contribution in [2.45, 2.75) is 26.7 Å². The lowest BCUT2D eigenvalue weighted by molar-refractivity contribution is 0.364. The first kappa shape index (κ1) is 13.7. The molecule has 0 unspecified atom stereocenters. The molecule has 1 aromatic carbocycles. The average molecular weight is 253 g/mol. The van der Waals surface area contributed by atoms with Crippen molar-refractivity contribution in [2.75, 3.05) is 11.9 Å². The molecule has 0 saturated heterocycles. The van der Waals surface area contributed by atoms with Crippen LogP contribution in [0.3, 0.4) is 0 Å². The summed E-state index contributed by atoms with van der Waals surface area (Å²) in [6.07, 6.45) is 1.41. The normalized spacial score (nSPS) is 10.9. The van der Waals surface area contributed by atoms with E-state index in [-0.39, 0.29) is 11.2 Å². The fourth-order valence-electron chi connectivity index (χ4n) is 1.44. The lowest BCUT2D eigenvalue weighted by Crippen LogP contribution is -2.22. The highest BCUT2D eigenvalue weighted by molar-refractivity contribution is 6.32. The number of phenolic OH excluding ortho intramolecular Hbond substituents is 1. The summed E-state index contributed by atoms with van der Waals surface area (Å²) in [6, 6.07) is 7.19. The quantitative estimate of drug-likeness (QED) is 0.784. The Labute approximate surface area is 107 Å². The second kappa shape index (κ2) is 5.79. The standard InChI is InChI=1S/C13H17ClN2O/c1-13(2,6-3-7-15)9-16-10-4-5-12(17)11(14)8-10/h4-5,8,16-17H,3,6,9H2,1-2H3. The number of benzene rings is 1. The molecule has 0 amide bonds. The molecule has 0 atom stereocenters. The molecule has 92 valence electrons. The van der Waals surface area contributed by atoms with Gasteiger partial charge in [0.2, 0.25) is 0 Å². The van der Waals surface area contributed by atoms with Gasteiger partial charge in [0.05, 0.1) is 11.1 Å². The highest BCUT2D eigenvalue weighted by Crippen LogP contribution is 2.28. The molecule has 17 heavy (non-hydrogen) atoms. The van der Waals surface area contributed by atoms with E-state index in [0.717, 1.165) is 18.7 Å². The van der Waals surface area contributed by atoms with E-state index >= 15 is 0 Å². The Hall–Kier alpha value is -1.40. The molecular formula is C13H17ClN2O. The molecule has 2 N–H and O–H groups in total. The van der Waals surface area contributed by atoms with E-state index in [1.54, 1.807) is 18.2 Å². The number of phenols is 1. The van der Waals surface area contributed by atoms with Gasteiger partial charge in [-0.15, -0.1) is 0 Å². The second-order valence-corrected chi connectivity index (χ2v) is 5.25. The van der Waals surface area contributed by atoms with Gasteiger partial charge >= 0.3 is 0 Å². The summed E-state index contributed by atoms with van der Waals surface area (Å²) in [5, 5.41) is 21.5. The molecule has 0 aliphatic rings. The number of hydrogen-bond donors (Lipinski definition) is 2. The minimum atomic E-state index is 0.0556. The van der Waals surface area contributed by atoms with E-state index in [0.29, 0.717) is 11.4 Å². The SMILES string of the molecule is CC(C)(CCC#N)CNc1ccc(O)c(Cl)c1. The fourth-order valence-corrected chi connectivity index (χ4v) is 1.62. The minimum Gasteiger partial charge on any atom is -0.506 e. The largest absolute Gasteiger partial charge is 0.506 e. The number of anilines is 1. The molecule has 1 aromatic rings. The maximum atomic E-state index is 9.29. The summed E-state index contributed by atoms with van der Waals surface area (Å²) >= 11 is 5.81. The highest BCUT2D eigenvalue weighted by atomic mass is 35.5. The van der Waals surface area contributed by atoms with Gasteiger partial charge < -0.3 is 10.4 Å². The highest BCUT2D eigenvalue weighted by Gasteiger charge is 2.17. The molecule has 0 heterocycles. The van der Waals surface area contributed by atoms with Gasteiger partial charge in [0, 0.05) is 18.7 Å². The van der Waals surface area contributed by atoms with E-state index in [1.807, 2.05) is 0 Å². The van der Waals surface area contributed by atoms with E-state index in [9.17, 15) is 5.11 Å². The number of nitrogens with one attached hydrogen (secondary N) is 1. The van der Waals surface area contributed by atoms with Crippen LogP contribution in [-0.4, -0.2) is 11.7 Å². The smallest absolute Gasteiger partial charge is 0.134 e. The number of hydrogen-bond acceptors (Lipinski definition) is 3. The molecule has 0 spiro atoms. The van der Waals surface area contributed by atoms with Crippen LogP contribution < -0.4 is 5.32 Å². The van der Waals surface area contributed by atoms with E-state index in [1.165, 1.54) is 0 Å². The Morgan fingerprint density at radius 3 is 2.76 bits per heavy atom. The van der Waals surface area contributed by atoms with Crippen molar-refractivity contribution < 1.29 is 5.11 Å². The molecule has 0 aliphatic carbocycles. The number of rotatable bonds is 5. The van der Waals surface area contributed by atoms with Crippen LogP contribution in [0.5, 0.6) is 5.75 Å². The Bertz CT molecular complexity index is 424. The van der Waals surface area contributed by atoms with Gasteiger partial charge in [-0.3, -0.25) is 0 Å². The van der Waals surface area contributed by atoms with Gasteiger partial charge in [-0.2, -0.15) is 5.26 Å². The molecule has 0 fully saturated rings. The Morgan fingerprint density at radius 1 is 1.47 bits per heavy atom. The van der Waals surface area contributed by atoms with Crippen LogP contribution in [0.25, 0.3) is 0 Å². The number of nitriles is 1. The lowest BCUT2D eigenvalue weighted by Gasteiger charge is -2.24. The average Bonchev–Trinajstić information content (AvgIpc) is 2.28. The van der Waals surface area contributed by atoms with Crippen LogP contribution in [0, 0.1) is 16.7 Å². The summed E-state index contributed by atoms with van der Waals surface area (Å²) in [5.41, 5.74) is 0.929. The summed E-state index contributed by atoms with van der Waals surface area (Å²) in [6.45, 7) is 4.98. The summed E-state index contributed by atoms with van der Waals surface area (Å²) in [7, 11) is 0. The second-order valence-electron chi connectivity index (χ2n) is 4.84. The molecular weight excluding hydrogens is 236 g/mol. The predicted octanol–water partition coefficient (Wildman–Crippen LogP) is 3.79. The molecule has 3 nitrogen and oxygen atoms in total. The summed E-state index contributed by atoms with van der Waals surface area (Å²) < 4.78 is 0. The molecule has 0 aliphatic heterocycles. The predicted molar refractivity (Wildman–Crippen MR) is 70.2 cm³/mol. The van der Waals surface area contributed by atoms with Crippen molar-refractivity contribution in [1.29, 1.82) is 5.26 Å². The third kappa shape index (κ3) is 4.54. The molecule has 4 heteroatoms. The van der Waals surface area contributed by atoms with E-state index in [4.69, 9.17) is 16.9 Å². The van der Waals surface area contributed by atoms with Crippen LogP contribution in [0.15, 0.2) is 18.2 Å². The summed E-state index contributed by atoms with van der Waals surface area (Å²) in [5.74, 6) is 0.0842. The Morgan fingerprint density at radius 2 is 2.18 bits per heavy atom. The molecule has 0 radical (unpaired) electrons.